The van der Waals surface area contributed by atoms with Gasteiger partial charge in [0.05, 0.1) is 22.2 Å². The van der Waals surface area contributed by atoms with Crippen LogP contribution in [0.2, 0.25) is 10.0 Å². The number of carbonyl (C=O) groups is 4. The van der Waals surface area contributed by atoms with Gasteiger partial charge >= 0.3 is 0 Å². The molecule has 188 valence electrons. The first kappa shape index (κ1) is 26.9. The van der Waals surface area contributed by atoms with Gasteiger partial charge in [-0.25, -0.2) is 4.98 Å². The van der Waals surface area contributed by atoms with Crippen LogP contribution in [0.4, 0.5) is 5.13 Å². The Morgan fingerprint density at radius 1 is 1.20 bits per heavy atom. The van der Waals surface area contributed by atoms with E-state index in [0.29, 0.717) is 34.4 Å². The Labute approximate surface area is 217 Å². The topological polar surface area (TPSA) is 120 Å². The van der Waals surface area contributed by atoms with Crippen molar-refractivity contribution in [2.45, 2.75) is 51.6 Å². The van der Waals surface area contributed by atoms with Crippen LogP contribution in [0.25, 0.3) is 0 Å². The second kappa shape index (κ2) is 12.3. The Hall–Kier alpha value is -2.69. The zero-order chi connectivity index (χ0) is 25.5. The first-order valence-corrected chi connectivity index (χ1v) is 12.8. The van der Waals surface area contributed by atoms with Crippen molar-refractivity contribution >= 4 is 63.3 Å². The fraction of sp³-hybridized carbons (Fsp3) is 0.435. The maximum absolute atomic E-state index is 12.9. The maximum atomic E-state index is 12.9. The molecule has 0 saturated carbocycles. The lowest BCUT2D eigenvalue weighted by molar-refractivity contribution is -0.128. The molecule has 1 aliphatic heterocycles. The summed E-state index contributed by atoms with van der Waals surface area (Å²) in [5.74, 6) is -1.26. The van der Waals surface area contributed by atoms with Gasteiger partial charge in [-0.05, 0) is 51.3 Å². The molecular weight excluding hydrogens is 513 g/mol. The Bertz CT molecular complexity index is 1110. The average Bonchev–Trinajstić information content (AvgIpc) is 3.13. The summed E-state index contributed by atoms with van der Waals surface area (Å²) in [5.41, 5.74) is 0.801. The highest BCUT2D eigenvalue weighted by atomic mass is 35.5. The summed E-state index contributed by atoms with van der Waals surface area (Å²) < 4.78 is 0. The van der Waals surface area contributed by atoms with E-state index in [2.05, 4.69) is 20.9 Å². The molecule has 0 radical (unpaired) electrons. The number of amides is 4. The van der Waals surface area contributed by atoms with Crippen molar-refractivity contribution < 1.29 is 19.2 Å². The van der Waals surface area contributed by atoms with Crippen molar-refractivity contribution in [2.75, 3.05) is 18.4 Å². The fourth-order valence-corrected chi connectivity index (χ4v) is 4.55. The van der Waals surface area contributed by atoms with Crippen LogP contribution in [0.1, 0.15) is 49.2 Å². The first-order valence-electron chi connectivity index (χ1n) is 11.2. The molecule has 3 rings (SSSR count). The van der Waals surface area contributed by atoms with Crippen molar-refractivity contribution in [2.24, 2.45) is 0 Å². The van der Waals surface area contributed by atoms with E-state index >= 15 is 0 Å². The van der Waals surface area contributed by atoms with Crippen LogP contribution >= 0.6 is 34.5 Å². The summed E-state index contributed by atoms with van der Waals surface area (Å²) in [6.45, 7) is 4.03. The number of hydrogen-bond donors (Lipinski definition) is 3. The van der Waals surface area contributed by atoms with Crippen molar-refractivity contribution in [3.8, 4) is 0 Å². The molecule has 2 heterocycles. The summed E-state index contributed by atoms with van der Waals surface area (Å²) in [6, 6.07) is 3.76. The predicted molar refractivity (Wildman–Crippen MR) is 136 cm³/mol. The lowest BCUT2D eigenvalue weighted by atomic mass is 10.1. The summed E-state index contributed by atoms with van der Waals surface area (Å²) >= 11 is 13.1. The highest BCUT2D eigenvalue weighted by Crippen LogP contribution is 2.24. The average molecular weight is 540 g/mol. The number of halogens is 2. The largest absolute Gasteiger partial charge is 0.354 e. The Morgan fingerprint density at radius 3 is 2.69 bits per heavy atom. The van der Waals surface area contributed by atoms with E-state index in [9.17, 15) is 19.2 Å². The van der Waals surface area contributed by atoms with Crippen LogP contribution in [-0.4, -0.2) is 58.7 Å². The van der Waals surface area contributed by atoms with E-state index in [0.717, 1.165) is 12.8 Å². The molecular formula is C23H27Cl2N5O4S. The zero-order valence-electron chi connectivity index (χ0n) is 19.4. The first-order chi connectivity index (χ1) is 16.6. The van der Waals surface area contributed by atoms with Crippen molar-refractivity contribution in [3.05, 3.63) is 44.9 Å². The van der Waals surface area contributed by atoms with E-state index in [1.165, 1.54) is 28.4 Å². The second-order valence-corrected chi connectivity index (χ2v) is 10.1. The number of aromatic nitrogens is 1. The molecule has 1 aromatic carbocycles. The highest BCUT2D eigenvalue weighted by Gasteiger charge is 2.24. The number of nitrogens with one attached hydrogen (secondary N) is 3. The predicted octanol–water partition coefficient (Wildman–Crippen LogP) is 3.27. The summed E-state index contributed by atoms with van der Waals surface area (Å²) in [4.78, 5) is 55.6. The van der Waals surface area contributed by atoms with Crippen molar-refractivity contribution in [3.63, 3.8) is 0 Å². The number of hydrogen-bond acceptors (Lipinski definition) is 6. The number of benzene rings is 1. The molecule has 0 spiro atoms. The molecule has 2 aromatic rings. The molecule has 4 amide bonds. The van der Waals surface area contributed by atoms with Crippen LogP contribution in [0, 0.1) is 0 Å². The SMILES string of the molecule is CC(C)N(CC(=O)Nc1nc(CC(=O)NC2CCCCNC2=O)cs1)C(=O)c1ccc(Cl)c(Cl)c1. The molecule has 1 fully saturated rings. The summed E-state index contributed by atoms with van der Waals surface area (Å²) in [5, 5.41) is 10.8. The fourth-order valence-electron chi connectivity index (χ4n) is 3.53. The molecule has 0 aliphatic carbocycles. The van der Waals surface area contributed by atoms with Gasteiger partial charge in [0.25, 0.3) is 5.91 Å². The molecule has 1 atom stereocenters. The number of nitrogens with zero attached hydrogens (tertiary/aromatic N) is 2. The maximum Gasteiger partial charge on any atom is 0.254 e. The Kier molecular flexibility index (Phi) is 9.47. The van der Waals surface area contributed by atoms with Gasteiger partial charge in [-0.2, -0.15) is 0 Å². The van der Waals surface area contributed by atoms with Gasteiger partial charge in [-0.1, -0.05) is 23.2 Å². The monoisotopic (exact) mass is 539 g/mol. The van der Waals surface area contributed by atoms with Crippen LogP contribution in [0.3, 0.4) is 0 Å². The van der Waals surface area contributed by atoms with Gasteiger partial charge in [-0.3, -0.25) is 19.2 Å². The molecule has 0 bridgehead atoms. The minimum Gasteiger partial charge on any atom is -0.354 e. The van der Waals surface area contributed by atoms with Crippen molar-refractivity contribution in [1.82, 2.24) is 20.5 Å². The molecule has 1 aromatic heterocycles. The van der Waals surface area contributed by atoms with Crippen LogP contribution in [-0.2, 0) is 20.8 Å². The van der Waals surface area contributed by atoms with E-state index in [1.54, 1.807) is 25.3 Å². The zero-order valence-corrected chi connectivity index (χ0v) is 21.7. The Balaban J connectivity index is 1.56. The minimum absolute atomic E-state index is 0.00984. The van der Waals surface area contributed by atoms with Gasteiger partial charge in [0.1, 0.15) is 12.6 Å². The molecule has 1 saturated heterocycles. The number of carbonyl (C=O) groups excluding carboxylic acids is 4. The quantitative estimate of drug-likeness (QED) is 0.475. The highest BCUT2D eigenvalue weighted by molar-refractivity contribution is 7.13. The molecule has 35 heavy (non-hydrogen) atoms. The lowest BCUT2D eigenvalue weighted by Gasteiger charge is -2.26. The molecule has 12 heteroatoms. The van der Waals surface area contributed by atoms with E-state index in [1.807, 2.05) is 0 Å². The number of rotatable bonds is 8. The third kappa shape index (κ3) is 7.65. The summed E-state index contributed by atoms with van der Waals surface area (Å²) in [7, 11) is 0. The second-order valence-electron chi connectivity index (χ2n) is 8.43. The molecule has 3 N–H and O–H groups in total. The normalized spacial score (nSPS) is 15.8. The third-order valence-corrected chi connectivity index (χ3v) is 6.92. The molecule has 9 nitrogen and oxygen atoms in total. The van der Waals surface area contributed by atoms with E-state index < -0.39 is 11.9 Å². The van der Waals surface area contributed by atoms with Crippen LogP contribution in [0.15, 0.2) is 23.6 Å². The van der Waals surface area contributed by atoms with Gasteiger partial charge in [-0.15, -0.1) is 11.3 Å². The third-order valence-electron chi connectivity index (χ3n) is 5.37. The van der Waals surface area contributed by atoms with Gasteiger partial charge < -0.3 is 20.9 Å². The molecule has 1 unspecified atom stereocenters. The van der Waals surface area contributed by atoms with E-state index in [4.69, 9.17) is 23.2 Å². The number of thiazole rings is 1. The lowest BCUT2D eigenvalue weighted by Crippen LogP contribution is -2.46. The minimum atomic E-state index is -0.544. The van der Waals surface area contributed by atoms with Gasteiger partial charge in [0.15, 0.2) is 5.13 Å². The van der Waals surface area contributed by atoms with Crippen LogP contribution in [0.5, 0.6) is 0 Å². The number of anilines is 1. The smallest absolute Gasteiger partial charge is 0.254 e. The van der Waals surface area contributed by atoms with E-state index in [-0.39, 0.29) is 41.8 Å². The van der Waals surface area contributed by atoms with Gasteiger partial charge in [0.2, 0.25) is 17.7 Å². The van der Waals surface area contributed by atoms with Crippen LogP contribution < -0.4 is 16.0 Å². The standard InChI is InChI=1S/C23H27Cl2N5O4S/c1-13(2)30(22(34)14-6-7-16(24)17(25)9-14)11-20(32)29-23-27-15(12-35-23)10-19(31)28-18-5-3-4-8-26-21(18)33/h6-7,9,12-13,18H,3-5,8,10-11H2,1-2H3,(H,26,33)(H,28,31)(H,27,29,32). The Morgan fingerprint density at radius 2 is 1.97 bits per heavy atom. The van der Waals surface area contributed by atoms with Gasteiger partial charge in [0, 0.05) is 23.5 Å². The summed E-state index contributed by atoms with van der Waals surface area (Å²) in [6.07, 6.45) is 2.34. The molecule has 1 aliphatic rings. The van der Waals surface area contributed by atoms with Crippen molar-refractivity contribution in [1.29, 1.82) is 0 Å².